The molecule has 0 aliphatic carbocycles. The molecular formula is C27H47NO5. The van der Waals surface area contributed by atoms with Crippen LogP contribution in [0, 0.1) is 17.3 Å². The first-order chi connectivity index (χ1) is 15.8. The van der Waals surface area contributed by atoms with Crippen molar-refractivity contribution in [3.63, 3.8) is 0 Å². The number of primary amides is 1. The van der Waals surface area contributed by atoms with Crippen LogP contribution in [-0.4, -0.2) is 44.6 Å². The van der Waals surface area contributed by atoms with E-state index in [2.05, 4.69) is 39.8 Å². The fourth-order valence-electron chi connectivity index (χ4n) is 4.61. The van der Waals surface area contributed by atoms with Gasteiger partial charge in [-0.15, -0.1) is 0 Å². The predicted octanol–water partition coefficient (Wildman–Crippen LogP) is 5.14. The lowest BCUT2D eigenvalue weighted by Gasteiger charge is -2.38. The number of carbonyl (C=O) groups is 1. The lowest BCUT2D eigenvalue weighted by molar-refractivity contribution is -0.134. The largest absolute Gasteiger partial charge is 0.490 e. The number of ether oxygens (including phenoxy) is 3. The van der Waals surface area contributed by atoms with E-state index in [0.717, 1.165) is 56.4 Å². The van der Waals surface area contributed by atoms with Gasteiger partial charge in [-0.05, 0) is 48.8 Å². The van der Waals surface area contributed by atoms with Gasteiger partial charge in [0.2, 0.25) is 5.91 Å². The maximum absolute atomic E-state index is 12.2. The monoisotopic (exact) mass is 465 g/mol. The van der Waals surface area contributed by atoms with Crippen molar-refractivity contribution in [2.24, 2.45) is 23.0 Å². The Hall–Kier alpha value is -1.79. The van der Waals surface area contributed by atoms with Crippen LogP contribution >= 0.6 is 0 Å². The molecule has 1 rings (SSSR count). The summed E-state index contributed by atoms with van der Waals surface area (Å²) in [7, 11) is 1.68. The van der Waals surface area contributed by atoms with Gasteiger partial charge in [0.1, 0.15) is 0 Å². The molecule has 6 nitrogen and oxygen atoms in total. The summed E-state index contributed by atoms with van der Waals surface area (Å²) in [5, 5.41) is 8.99. The van der Waals surface area contributed by atoms with Gasteiger partial charge in [0.25, 0.3) is 0 Å². The third-order valence-corrected chi connectivity index (χ3v) is 6.64. The molecule has 0 aromatic heterocycles. The number of aliphatic hydroxyl groups is 1. The first-order valence-corrected chi connectivity index (χ1v) is 12.6. The standard InChI is InChI=1S/C27H47NO5/c1-21(2)27(22(3)4,26(28)30)15-9-7-6-8-12-23-13-14-24(32-18-10-16-29)25(20-23)33-19-11-17-31-5/h13-14,20-22,29H,6-12,15-19H2,1-5H3,(H2,28,30). The Morgan fingerprint density at radius 1 is 0.909 bits per heavy atom. The third kappa shape index (κ3) is 9.54. The molecule has 0 heterocycles. The minimum Gasteiger partial charge on any atom is -0.490 e. The first kappa shape index (κ1) is 29.2. The molecule has 0 atom stereocenters. The molecule has 6 heteroatoms. The Kier molecular flexibility index (Phi) is 14.1. The van der Waals surface area contributed by atoms with E-state index in [4.69, 9.17) is 25.1 Å². The van der Waals surface area contributed by atoms with E-state index < -0.39 is 5.41 Å². The van der Waals surface area contributed by atoms with E-state index >= 15 is 0 Å². The maximum Gasteiger partial charge on any atom is 0.224 e. The summed E-state index contributed by atoms with van der Waals surface area (Å²) in [6, 6.07) is 6.12. The topological polar surface area (TPSA) is 91.0 Å². The number of amides is 1. The number of unbranched alkanes of at least 4 members (excludes halogenated alkanes) is 3. The van der Waals surface area contributed by atoms with Crippen LogP contribution in [0.25, 0.3) is 0 Å². The maximum atomic E-state index is 12.2. The molecule has 1 amide bonds. The molecule has 190 valence electrons. The van der Waals surface area contributed by atoms with E-state index in [1.807, 2.05) is 6.07 Å². The molecule has 1 aromatic rings. The zero-order valence-electron chi connectivity index (χ0n) is 21.5. The Morgan fingerprint density at radius 3 is 2.15 bits per heavy atom. The second-order valence-corrected chi connectivity index (χ2v) is 9.53. The summed E-state index contributed by atoms with van der Waals surface area (Å²) in [6.07, 6.45) is 7.55. The van der Waals surface area contributed by atoms with Gasteiger partial charge in [0.05, 0.1) is 18.6 Å². The average molecular weight is 466 g/mol. The van der Waals surface area contributed by atoms with Gasteiger partial charge in [0.15, 0.2) is 11.5 Å². The van der Waals surface area contributed by atoms with E-state index in [1.165, 1.54) is 5.56 Å². The Balaban J connectivity index is 2.57. The number of carbonyl (C=O) groups excluding carboxylic acids is 1. The molecule has 0 aliphatic heterocycles. The van der Waals surface area contributed by atoms with Crippen LogP contribution in [0.5, 0.6) is 11.5 Å². The fraction of sp³-hybridized carbons (Fsp3) is 0.741. The second kappa shape index (κ2) is 15.9. The summed E-state index contributed by atoms with van der Waals surface area (Å²) in [5.74, 6) is 1.80. The van der Waals surface area contributed by atoms with Gasteiger partial charge in [-0.2, -0.15) is 0 Å². The van der Waals surface area contributed by atoms with E-state index in [1.54, 1.807) is 7.11 Å². The number of benzene rings is 1. The minimum absolute atomic E-state index is 0.108. The van der Waals surface area contributed by atoms with Gasteiger partial charge in [-0.3, -0.25) is 4.79 Å². The van der Waals surface area contributed by atoms with Crippen LogP contribution in [-0.2, 0) is 16.0 Å². The number of aryl methyl sites for hydroxylation is 1. The van der Waals surface area contributed by atoms with Crippen molar-refractivity contribution < 1.29 is 24.1 Å². The summed E-state index contributed by atoms with van der Waals surface area (Å²) in [6.45, 7) is 10.2. The van der Waals surface area contributed by atoms with E-state index in [0.29, 0.717) is 26.2 Å². The Morgan fingerprint density at radius 2 is 1.55 bits per heavy atom. The summed E-state index contributed by atoms with van der Waals surface area (Å²) in [4.78, 5) is 12.2. The highest BCUT2D eigenvalue weighted by Gasteiger charge is 2.42. The van der Waals surface area contributed by atoms with Gasteiger partial charge < -0.3 is 25.1 Å². The molecule has 0 aliphatic rings. The molecule has 1 aromatic carbocycles. The zero-order chi connectivity index (χ0) is 24.7. The number of methoxy groups -OCH3 is 1. The smallest absolute Gasteiger partial charge is 0.224 e. The molecule has 33 heavy (non-hydrogen) atoms. The van der Waals surface area contributed by atoms with Crippen molar-refractivity contribution in [2.45, 2.75) is 79.1 Å². The summed E-state index contributed by atoms with van der Waals surface area (Å²) in [5.41, 5.74) is 6.63. The first-order valence-electron chi connectivity index (χ1n) is 12.6. The van der Waals surface area contributed by atoms with E-state index in [-0.39, 0.29) is 24.3 Å². The predicted molar refractivity (Wildman–Crippen MR) is 134 cm³/mol. The minimum atomic E-state index is -0.416. The van der Waals surface area contributed by atoms with Crippen LogP contribution in [0.4, 0.5) is 0 Å². The molecule has 3 N–H and O–H groups in total. The normalized spacial score (nSPS) is 11.9. The molecular weight excluding hydrogens is 418 g/mol. The van der Waals surface area contributed by atoms with Crippen molar-refractivity contribution in [3.05, 3.63) is 23.8 Å². The van der Waals surface area contributed by atoms with Crippen molar-refractivity contribution in [1.29, 1.82) is 0 Å². The molecule has 0 saturated carbocycles. The van der Waals surface area contributed by atoms with Crippen LogP contribution < -0.4 is 15.2 Å². The van der Waals surface area contributed by atoms with Crippen molar-refractivity contribution in [1.82, 2.24) is 0 Å². The average Bonchev–Trinajstić information content (AvgIpc) is 2.76. The molecule has 0 saturated heterocycles. The fourth-order valence-corrected chi connectivity index (χ4v) is 4.61. The summed E-state index contributed by atoms with van der Waals surface area (Å²) < 4.78 is 16.8. The SMILES string of the molecule is COCCCOc1cc(CCCCCCC(C(N)=O)(C(C)C)C(C)C)ccc1OCCCO. The van der Waals surface area contributed by atoms with Crippen molar-refractivity contribution >= 4 is 5.91 Å². The van der Waals surface area contributed by atoms with Crippen LogP contribution in [0.3, 0.4) is 0 Å². The van der Waals surface area contributed by atoms with Gasteiger partial charge in [-0.1, -0.05) is 53.0 Å². The molecule has 0 unspecified atom stereocenters. The second-order valence-electron chi connectivity index (χ2n) is 9.53. The molecule has 0 bridgehead atoms. The number of hydrogen-bond acceptors (Lipinski definition) is 5. The van der Waals surface area contributed by atoms with Crippen molar-refractivity contribution in [2.75, 3.05) is 33.5 Å². The number of rotatable bonds is 19. The molecule has 0 spiro atoms. The number of nitrogens with two attached hydrogens (primary N) is 1. The third-order valence-electron chi connectivity index (χ3n) is 6.64. The van der Waals surface area contributed by atoms with Gasteiger partial charge >= 0.3 is 0 Å². The highest BCUT2D eigenvalue weighted by molar-refractivity contribution is 5.81. The Labute approximate surface area is 201 Å². The summed E-state index contributed by atoms with van der Waals surface area (Å²) >= 11 is 0. The van der Waals surface area contributed by atoms with Crippen LogP contribution in [0.1, 0.15) is 78.2 Å². The zero-order valence-corrected chi connectivity index (χ0v) is 21.5. The number of aliphatic hydroxyl groups excluding tert-OH is 1. The quantitative estimate of drug-likeness (QED) is 0.276. The molecule has 0 radical (unpaired) electrons. The lowest BCUT2D eigenvalue weighted by Crippen LogP contribution is -2.45. The van der Waals surface area contributed by atoms with Gasteiger partial charge in [0, 0.05) is 33.2 Å². The van der Waals surface area contributed by atoms with Crippen molar-refractivity contribution in [3.8, 4) is 11.5 Å². The van der Waals surface area contributed by atoms with Gasteiger partial charge in [-0.25, -0.2) is 0 Å². The lowest BCUT2D eigenvalue weighted by atomic mass is 9.65. The van der Waals surface area contributed by atoms with Crippen LogP contribution in [0.2, 0.25) is 0 Å². The Bertz CT molecular complexity index is 666. The van der Waals surface area contributed by atoms with Crippen LogP contribution in [0.15, 0.2) is 18.2 Å². The molecule has 0 fully saturated rings. The highest BCUT2D eigenvalue weighted by atomic mass is 16.5. The van der Waals surface area contributed by atoms with E-state index in [9.17, 15) is 4.79 Å². The highest BCUT2D eigenvalue weighted by Crippen LogP contribution is 2.40. The number of hydrogen-bond donors (Lipinski definition) is 2.